The molecule has 1 aromatic heterocycles. The zero-order valence-corrected chi connectivity index (χ0v) is 11.1. The molecule has 0 spiro atoms. The first-order valence-electron chi connectivity index (χ1n) is 4.50. The van der Waals surface area contributed by atoms with Crippen LogP contribution >= 0.6 is 11.3 Å². The predicted octanol–water partition coefficient (Wildman–Crippen LogP) is 2.16. The average molecular weight is 239 g/mol. The van der Waals surface area contributed by atoms with E-state index in [1.54, 1.807) is 0 Å². The third kappa shape index (κ3) is 3.86. The normalized spacial score (nSPS) is 10.4. The van der Waals surface area contributed by atoms with Crippen molar-refractivity contribution in [2.45, 2.75) is 19.6 Å². The highest BCUT2D eigenvalue weighted by molar-refractivity contribution is 7.14. The first kappa shape index (κ1) is 11.9. The summed E-state index contributed by atoms with van der Waals surface area (Å²) in [7, 11) is -0.0202. The van der Waals surface area contributed by atoms with Gasteiger partial charge in [-0.1, -0.05) is 31.0 Å². The van der Waals surface area contributed by atoms with Crippen LogP contribution in [0.2, 0.25) is 19.6 Å². The Bertz CT molecular complexity index is 423. The van der Waals surface area contributed by atoms with Gasteiger partial charge >= 0.3 is 5.97 Å². The second-order valence-corrected chi connectivity index (χ2v) is 9.80. The highest BCUT2D eigenvalue weighted by Crippen LogP contribution is 2.13. The lowest BCUT2D eigenvalue weighted by Crippen LogP contribution is -2.16. The van der Waals surface area contributed by atoms with E-state index < -0.39 is 8.07 Å². The quantitative estimate of drug-likeness (QED) is 0.428. The van der Waals surface area contributed by atoms with Gasteiger partial charge in [0.2, 0.25) is 0 Å². The molecule has 15 heavy (non-hydrogen) atoms. The van der Waals surface area contributed by atoms with Crippen molar-refractivity contribution in [3.05, 3.63) is 16.1 Å². The summed E-state index contributed by atoms with van der Waals surface area (Å²) in [6.07, 6.45) is 1.50. The highest BCUT2D eigenvalue weighted by atomic mass is 32.1. The van der Waals surface area contributed by atoms with Gasteiger partial charge in [-0.2, -0.15) is 0 Å². The molecule has 0 aliphatic rings. The van der Waals surface area contributed by atoms with E-state index in [2.05, 4.69) is 40.8 Å². The zero-order chi connectivity index (χ0) is 11.5. The van der Waals surface area contributed by atoms with Gasteiger partial charge in [-0.05, 0) is 5.92 Å². The van der Waals surface area contributed by atoms with Gasteiger partial charge in [-0.25, -0.2) is 9.78 Å². The number of aromatic nitrogens is 1. The van der Waals surface area contributed by atoms with Crippen molar-refractivity contribution >= 4 is 25.4 Å². The third-order valence-electron chi connectivity index (χ3n) is 1.44. The molecule has 0 aliphatic heterocycles. The van der Waals surface area contributed by atoms with Crippen molar-refractivity contribution in [3.8, 4) is 11.5 Å². The molecule has 0 unspecified atom stereocenters. The molecule has 0 saturated carbocycles. The van der Waals surface area contributed by atoms with Crippen molar-refractivity contribution in [2.24, 2.45) is 0 Å². The number of thiazole rings is 1. The molecule has 0 saturated heterocycles. The van der Waals surface area contributed by atoms with Crippen LogP contribution in [0, 0.1) is 11.5 Å². The van der Waals surface area contributed by atoms with Crippen LogP contribution in [0.25, 0.3) is 0 Å². The van der Waals surface area contributed by atoms with E-state index in [0.717, 1.165) is 0 Å². The van der Waals surface area contributed by atoms with Crippen molar-refractivity contribution < 1.29 is 9.53 Å². The van der Waals surface area contributed by atoms with Crippen LogP contribution in [0.5, 0.6) is 0 Å². The Kier molecular flexibility index (Phi) is 3.66. The van der Waals surface area contributed by atoms with Crippen molar-refractivity contribution in [1.29, 1.82) is 0 Å². The SMILES string of the molecule is COC(=O)c1cnc(C#C[Si](C)(C)C)s1. The number of carbonyl (C=O) groups is 1. The number of nitrogens with zero attached hydrogens (tertiary/aromatic N) is 1. The number of esters is 1. The Hall–Kier alpha value is -1.12. The topological polar surface area (TPSA) is 39.2 Å². The van der Waals surface area contributed by atoms with Crippen molar-refractivity contribution in [3.63, 3.8) is 0 Å². The van der Waals surface area contributed by atoms with Gasteiger partial charge in [-0.3, -0.25) is 0 Å². The molecule has 1 aromatic rings. The molecular weight excluding hydrogens is 226 g/mol. The van der Waals surface area contributed by atoms with E-state index >= 15 is 0 Å². The van der Waals surface area contributed by atoms with Crippen LogP contribution in [0.3, 0.4) is 0 Å². The lowest BCUT2D eigenvalue weighted by Gasteiger charge is -2.02. The van der Waals surface area contributed by atoms with Crippen LogP contribution in [-0.4, -0.2) is 26.1 Å². The number of methoxy groups -OCH3 is 1. The molecule has 1 heterocycles. The largest absolute Gasteiger partial charge is 0.465 e. The lowest BCUT2D eigenvalue weighted by atomic mass is 10.6. The van der Waals surface area contributed by atoms with E-state index in [1.807, 2.05) is 0 Å². The fourth-order valence-electron chi connectivity index (χ4n) is 0.768. The number of rotatable bonds is 1. The smallest absolute Gasteiger partial charge is 0.349 e. The fraction of sp³-hybridized carbons (Fsp3) is 0.400. The Morgan fingerprint density at radius 2 is 2.20 bits per heavy atom. The van der Waals surface area contributed by atoms with E-state index in [9.17, 15) is 4.79 Å². The maximum atomic E-state index is 11.1. The third-order valence-corrected chi connectivity index (χ3v) is 3.20. The Morgan fingerprint density at radius 1 is 1.53 bits per heavy atom. The van der Waals surface area contributed by atoms with E-state index in [-0.39, 0.29) is 5.97 Å². The van der Waals surface area contributed by atoms with Crippen LogP contribution in [0.4, 0.5) is 0 Å². The fourth-order valence-corrected chi connectivity index (χ4v) is 2.04. The van der Waals surface area contributed by atoms with Gasteiger partial charge in [0, 0.05) is 0 Å². The van der Waals surface area contributed by atoms with E-state index in [0.29, 0.717) is 9.88 Å². The summed E-state index contributed by atoms with van der Waals surface area (Å²) >= 11 is 1.27. The minimum absolute atomic E-state index is 0.353. The lowest BCUT2D eigenvalue weighted by molar-refractivity contribution is 0.0606. The van der Waals surface area contributed by atoms with Crippen molar-refractivity contribution in [2.75, 3.05) is 7.11 Å². The van der Waals surface area contributed by atoms with Gasteiger partial charge in [-0.15, -0.1) is 5.54 Å². The van der Waals surface area contributed by atoms with Gasteiger partial charge in [0.25, 0.3) is 0 Å². The first-order valence-corrected chi connectivity index (χ1v) is 8.81. The Morgan fingerprint density at radius 3 is 2.73 bits per heavy atom. The van der Waals surface area contributed by atoms with Crippen molar-refractivity contribution in [1.82, 2.24) is 4.98 Å². The first-order chi connectivity index (χ1) is 6.92. The summed E-state index contributed by atoms with van der Waals surface area (Å²) in [5, 5.41) is 0.679. The van der Waals surface area contributed by atoms with E-state index in [1.165, 1.54) is 24.6 Å². The highest BCUT2D eigenvalue weighted by Gasteiger charge is 2.10. The molecule has 3 nitrogen and oxygen atoms in total. The molecule has 0 atom stereocenters. The molecule has 0 fully saturated rings. The molecule has 5 heteroatoms. The molecule has 1 rings (SSSR count). The van der Waals surface area contributed by atoms with Gasteiger partial charge in [0.05, 0.1) is 13.3 Å². The average Bonchev–Trinajstić information content (AvgIpc) is 2.61. The summed E-state index contributed by atoms with van der Waals surface area (Å²) in [6.45, 7) is 6.48. The monoisotopic (exact) mass is 239 g/mol. The molecule has 0 bridgehead atoms. The number of hydrogen-bond acceptors (Lipinski definition) is 4. The Labute approximate surface area is 94.5 Å². The maximum Gasteiger partial charge on any atom is 0.349 e. The van der Waals surface area contributed by atoms with Crippen LogP contribution < -0.4 is 0 Å². The summed E-state index contributed by atoms with van der Waals surface area (Å²) < 4.78 is 4.59. The molecule has 0 aliphatic carbocycles. The number of ether oxygens (including phenoxy) is 1. The van der Waals surface area contributed by atoms with Crippen LogP contribution in [-0.2, 0) is 4.74 Å². The molecule has 80 valence electrons. The molecular formula is C10H13NO2SSi. The Balaban J connectivity index is 2.85. The van der Waals surface area contributed by atoms with E-state index in [4.69, 9.17) is 0 Å². The molecule has 0 amide bonds. The van der Waals surface area contributed by atoms with Gasteiger partial charge in [0.1, 0.15) is 13.0 Å². The molecule has 0 aromatic carbocycles. The number of carbonyl (C=O) groups excluding carboxylic acids is 1. The summed E-state index contributed by atoms with van der Waals surface area (Å²) in [4.78, 5) is 15.7. The maximum absolute atomic E-state index is 11.1. The molecule has 0 N–H and O–H groups in total. The summed E-state index contributed by atoms with van der Waals surface area (Å²) in [5.74, 6) is 2.64. The second-order valence-electron chi connectivity index (χ2n) is 4.02. The van der Waals surface area contributed by atoms with Gasteiger partial charge in [0.15, 0.2) is 5.01 Å². The zero-order valence-electron chi connectivity index (χ0n) is 9.25. The van der Waals surface area contributed by atoms with Crippen LogP contribution in [0.1, 0.15) is 14.7 Å². The molecule has 0 radical (unpaired) electrons. The second kappa shape index (κ2) is 4.60. The van der Waals surface area contributed by atoms with Gasteiger partial charge < -0.3 is 4.74 Å². The number of hydrogen-bond donors (Lipinski definition) is 0. The minimum Gasteiger partial charge on any atom is -0.465 e. The summed E-state index contributed by atoms with van der Waals surface area (Å²) in [6, 6.07) is 0. The predicted molar refractivity (Wildman–Crippen MR) is 63.7 cm³/mol. The summed E-state index contributed by atoms with van der Waals surface area (Å²) in [5.41, 5.74) is 3.19. The van der Waals surface area contributed by atoms with Crippen LogP contribution in [0.15, 0.2) is 6.20 Å². The standard InChI is InChI=1S/C10H13NO2SSi/c1-13-10(12)8-7-11-9(14-8)5-6-15(2,3)4/h7H,1-4H3. The minimum atomic E-state index is -1.38.